The molecule has 0 atom stereocenters. The largest absolute Gasteiger partial charge is 0.384 e. The first-order chi connectivity index (χ1) is 7.50. The fourth-order valence-corrected chi connectivity index (χ4v) is 2.73. The van der Waals surface area contributed by atoms with Crippen LogP contribution < -0.4 is 5.73 Å². The molecule has 2 heterocycles. The molecule has 0 saturated heterocycles. The summed E-state index contributed by atoms with van der Waals surface area (Å²) in [6, 6.07) is 4.24. The van der Waals surface area contributed by atoms with Crippen LogP contribution in [0.4, 0.5) is 5.82 Å². The lowest BCUT2D eigenvalue weighted by Crippen LogP contribution is -2.00. The molecule has 86 valence electrons. The summed E-state index contributed by atoms with van der Waals surface area (Å²) in [5.41, 5.74) is 8.25. The molecule has 4 heteroatoms. The summed E-state index contributed by atoms with van der Waals surface area (Å²) in [4.78, 5) is 2.50. The van der Waals surface area contributed by atoms with E-state index in [1.165, 1.54) is 9.75 Å². The second-order valence-corrected chi connectivity index (χ2v) is 5.62. The van der Waals surface area contributed by atoms with Crippen molar-refractivity contribution in [3.63, 3.8) is 0 Å². The molecule has 2 aromatic heterocycles. The Morgan fingerprint density at radius 2 is 2.06 bits per heavy atom. The van der Waals surface area contributed by atoms with E-state index in [1.54, 1.807) is 16.0 Å². The van der Waals surface area contributed by atoms with E-state index in [-0.39, 0.29) is 0 Å². The van der Waals surface area contributed by atoms with Crippen LogP contribution in [0.2, 0.25) is 0 Å². The van der Waals surface area contributed by atoms with Gasteiger partial charge in [-0.3, -0.25) is 4.68 Å². The number of nitrogens with two attached hydrogens (primary N) is 1. The number of thiophene rings is 1. The van der Waals surface area contributed by atoms with Gasteiger partial charge in [0.05, 0.1) is 4.88 Å². The fourth-order valence-electron chi connectivity index (χ4n) is 1.87. The lowest BCUT2D eigenvalue weighted by Gasteiger charge is -2.05. The van der Waals surface area contributed by atoms with Gasteiger partial charge in [-0.1, -0.05) is 13.8 Å². The molecule has 2 N–H and O–H groups in total. The van der Waals surface area contributed by atoms with Crippen LogP contribution >= 0.6 is 11.3 Å². The van der Waals surface area contributed by atoms with E-state index in [0.717, 1.165) is 17.1 Å². The number of nitrogens with zero attached hydrogens (tertiary/aromatic N) is 2. The third-order valence-electron chi connectivity index (χ3n) is 2.68. The van der Waals surface area contributed by atoms with Crippen molar-refractivity contribution >= 4 is 17.2 Å². The standard InChI is InChI=1S/C12H17N3S/c1-7(2)10-11(14-15(4)12(10)13)9-6-5-8(3)16-9/h5-7H,13H2,1-4H3. The molecule has 0 aliphatic rings. The quantitative estimate of drug-likeness (QED) is 0.869. The van der Waals surface area contributed by atoms with E-state index in [0.29, 0.717) is 5.92 Å². The van der Waals surface area contributed by atoms with Crippen molar-refractivity contribution in [3.05, 3.63) is 22.6 Å². The van der Waals surface area contributed by atoms with Gasteiger partial charge in [-0.25, -0.2) is 0 Å². The Bertz CT molecular complexity index is 508. The molecule has 0 bridgehead atoms. The van der Waals surface area contributed by atoms with Crippen LogP contribution in [0.1, 0.15) is 30.2 Å². The molecule has 0 amide bonds. The summed E-state index contributed by atoms with van der Waals surface area (Å²) in [7, 11) is 1.89. The fraction of sp³-hybridized carbons (Fsp3) is 0.417. The number of hydrogen-bond donors (Lipinski definition) is 1. The number of aromatic nitrogens is 2. The molecule has 0 spiro atoms. The Morgan fingerprint density at radius 3 is 2.56 bits per heavy atom. The van der Waals surface area contributed by atoms with Crippen molar-refractivity contribution in [1.29, 1.82) is 0 Å². The highest BCUT2D eigenvalue weighted by Crippen LogP contribution is 2.35. The van der Waals surface area contributed by atoms with Gasteiger partial charge in [0, 0.05) is 17.5 Å². The number of aryl methyl sites for hydroxylation is 2. The summed E-state index contributed by atoms with van der Waals surface area (Å²) in [5, 5.41) is 4.52. The van der Waals surface area contributed by atoms with Gasteiger partial charge in [-0.15, -0.1) is 11.3 Å². The highest BCUT2D eigenvalue weighted by atomic mass is 32.1. The SMILES string of the molecule is Cc1ccc(-c2nn(C)c(N)c2C(C)C)s1. The molecule has 0 saturated carbocycles. The van der Waals surface area contributed by atoms with Crippen molar-refractivity contribution in [1.82, 2.24) is 9.78 Å². The summed E-state index contributed by atoms with van der Waals surface area (Å²) in [5.74, 6) is 1.17. The third kappa shape index (κ3) is 1.73. The smallest absolute Gasteiger partial charge is 0.125 e. The van der Waals surface area contributed by atoms with Gasteiger partial charge in [-0.05, 0) is 25.0 Å². The zero-order valence-electron chi connectivity index (χ0n) is 10.1. The Morgan fingerprint density at radius 1 is 1.38 bits per heavy atom. The first kappa shape index (κ1) is 11.2. The Hall–Kier alpha value is -1.29. The average Bonchev–Trinajstić information content (AvgIpc) is 2.73. The van der Waals surface area contributed by atoms with Gasteiger partial charge in [-0.2, -0.15) is 5.10 Å². The van der Waals surface area contributed by atoms with E-state index in [1.807, 2.05) is 7.05 Å². The molecular weight excluding hydrogens is 218 g/mol. The maximum absolute atomic E-state index is 6.05. The van der Waals surface area contributed by atoms with E-state index in [2.05, 4.69) is 38.0 Å². The molecule has 0 unspecified atom stereocenters. The molecule has 2 rings (SSSR count). The molecule has 0 fully saturated rings. The van der Waals surface area contributed by atoms with Gasteiger partial charge in [0.25, 0.3) is 0 Å². The Kier molecular flexibility index (Phi) is 2.76. The molecule has 16 heavy (non-hydrogen) atoms. The number of rotatable bonds is 2. The van der Waals surface area contributed by atoms with Crippen molar-refractivity contribution in [3.8, 4) is 10.6 Å². The molecule has 3 nitrogen and oxygen atoms in total. The van der Waals surface area contributed by atoms with Gasteiger partial charge in [0.1, 0.15) is 11.5 Å². The zero-order chi connectivity index (χ0) is 11.9. The van der Waals surface area contributed by atoms with Crippen molar-refractivity contribution in [2.75, 3.05) is 5.73 Å². The lowest BCUT2D eigenvalue weighted by molar-refractivity contribution is 0.780. The average molecular weight is 235 g/mol. The summed E-state index contributed by atoms with van der Waals surface area (Å²) in [6.45, 7) is 6.41. The maximum atomic E-state index is 6.05. The number of nitrogen functional groups attached to an aromatic ring is 1. The molecule has 0 aromatic carbocycles. The Balaban J connectivity index is 2.60. The number of anilines is 1. The first-order valence-electron chi connectivity index (χ1n) is 5.40. The van der Waals surface area contributed by atoms with Crippen molar-refractivity contribution < 1.29 is 0 Å². The van der Waals surface area contributed by atoms with Crippen LogP contribution in [0, 0.1) is 6.92 Å². The van der Waals surface area contributed by atoms with Gasteiger partial charge in [0.15, 0.2) is 0 Å². The van der Waals surface area contributed by atoms with E-state index in [9.17, 15) is 0 Å². The first-order valence-corrected chi connectivity index (χ1v) is 6.21. The van der Waals surface area contributed by atoms with Crippen LogP contribution in [0.5, 0.6) is 0 Å². The van der Waals surface area contributed by atoms with E-state index in [4.69, 9.17) is 5.73 Å². The Labute approximate surface area is 99.9 Å². The molecular formula is C12H17N3S. The van der Waals surface area contributed by atoms with Gasteiger partial charge in [0.2, 0.25) is 0 Å². The molecule has 0 radical (unpaired) electrons. The topological polar surface area (TPSA) is 43.8 Å². The third-order valence-corrected chi connectivity index (χ3v) is 3.69. The number of hydrogen-bond acceptors (Lipinski definition) is 3. The summed E-state index contributed by atoms with van der Waals surface area (Å²) >= 11 is 1.76. The van der Waals surface area contributed by atoms with Crippen LogP contribution in [0.3, 0.4) is 0 Å². The lowest BCUT2D eigenvalue weighted by atomic mass is 10.0. The molecule has 0 aliphatic heterocycles. The van der Waals surface area contributed by atoms with E-state index >= 15 is 0 Å². The highest BCUT2D eigenvalue weighted by Gasteiger charge is 2.18. The monoisotopic (exact) mass is 235 g/mol. The predicted octanol–water partition coefficient (Wildman–Crippen LogP) is 3.16. The van der Waals surface area contributed by atoms with Crippen LogP contribution in [0.25, 0.3) is 10.6 Å². The highest BCUT2D eigenvalue weighted by molar-refractivity contribution is 7.15. The van der Waals surface area contributed by atoms with E-state index < -0.39 is 0 Å². The van der Waals surface area contributed by atoms with Crippen LogP contribution in [0.15, 0.2) is 12.1 Å². The predicted molar refractivity (Wildman–Crippen MR) is 69.8 cm³/mol. The molecule has 2 aromatic rings. The second-order valence-electron chi connectivity index (χ2n) is 4.34. The molecule has 0 aliphatic carbocycles. The summed E-state index contributed by atoms with van der Waals surface area (Å²) < 4.78 is 1.76. The minimum absolute atomic E-state index is 0.395. The summed E-state index contributed by atoms with van der Waals surface area (Å²) in [6.07, 6.45) is 0. The van der Waals surface area contributed by atoms with Gasteiger partial charge >= 0.3 is 0 Å². The van der Waals surface area contributed by atoms with Crippen molar-refractivity contribution in [2.24, 2.45) is 7.05 Å². The normalized spacial score (nSPS) is 11.3. The van der Waals surface area contributed by atoms with Gasteiger partial charge < -0.3 is 5.73 Å². The van der Waals surface area contributed by atoms with Crippen LogP contribution in [-0.2, 0) is 7.05 Å². The maximum Gasteiger partial charge on any atom is 0.125 e. The minimum Gasteiger partial charge on any atom is -0.384 e. The zero-order valence-corrected chi connectivity index (χ0v) is 10.9. The second kappa shape index (κ2) is 3.94. The minimum atomic E-state index is 0.395. The van der Waals surface area contributed by atoms with Crippen molar-refractivity contribution in [2.45, 2.75) is 26.7 Å². The van der Waals surface area contributed by atoms with Crippen LogP contribution in [-0.4, -0.2) is 9.78 Å².